The average Bonchev–Trinajstić information content (AvgIpc) is 2.89. The fourth-order valence-corrected chi connectivity index (χ4v) is 2.43. The number of benzene rings is 1. The first-order chi connectivity index (χ1) is 8.86. The summed E-state index contributed by atoms with van der Waals surface area (Å²) in [5.74, 6) is 2.49. The number of aromatic amines is 1. The van der Waals surface area contributed by atoms with E-state index in [-0.39, 0.29) is 5.82 Å². The van der Waals surface area contributed by atoms with Gasteiger partial charge in [-0.2, -0.15) is 11.8 Å². The lowest BCUT2D eigenvalue weighted by Crippen LogP contribution is -2.17. The molecule has 18 heavy (non-hydrogen) atoms. The van der Waals surface area contributed by atoms with Crippen molar-refractivity contribution in [3.8, 4) is 0 Å². The van der Waals surface area contributed by atoms with E-state index in [2.05, 4.69) is 15.3 Å². The van der Waals surface area contributed by atoms with E-state index in [0.717, 1.165) is 36.0 Å². The smallest absolute Gasteiger partial charge is 0.127 e. The highest BCUT2D eigenvalue weighted by Crippen LogP contribution is 2.14. The van der Waals surface area contributed by atoms with Crippen LogP contribution in [0.5, 0.6) is 0 Å². The van der Waals surface area contributed by atoms with Crippen molar-refractivity contribution in [2.45, 2.75) is 12.3 Å². The fourth-order valence-electron chi connectivity index (χ4n) is 1.54. The van der Waals surface area contributed by atoms with Crippen LogP contribution in [0.25, 0.3) is 0 Å². The van der Waals surface area contributed by atoms with Crippen LogP contribution in [0.15, 0.2) is 36.7 Å². The van der Waals surface area contributed by atoms with Crippen molar-refractivity contribution in [1.29, 1.82) is 0 Å². The Kier molecular flexibility index (Phi) is 5.23. The first-order valence-corrected chi connectivity index (χ1v) is 7.02. The molecular weight excluding hydrogens is 249 g/mol. The SMILES string of the molecule is Fc1ccccc1CSCCNCc1ncc[nH]1. The van der Waals surface area contributed by atoms with Gasteiger partial charge in [0.15, 0.2) is 0 Å². The molecule has 0 saturated carbocycles. The number of thioether (sulfide) groups is 1. The predicted octanol–water partition coefficient (Wildman–Crippen LogP) is 2.57. The molecule has 0 amide bonds. The van der Waals surface area contributed by atoms with E-state index in [1.165, 1.54) is 6.07 Å². The molecule has 0 aliphatic heterocycles. The van der Waals surface area contributed by atoms with E-state index in [1.54, 1.807) is 24.0 Å². The fraction of sp³-hybridized carbons (Fsp3) is 0.308. The molecule has 0 atom stereocenters. The number of hydrogen-bond acceptors (Lipinski definition) is 3. The van der Waals surface area contributed by atoms with E-state index in [0.29, 0.717) is 0 Å². The molecule has 0 unspecified atom stereocenters. The molecular formula is C13H16FN3S. The number of nitrogens with one attached hydrogen (secondary N) is 2. The van der Waals surface area contributed by atoms with Crippen LogP contribution in [-0.2, 0) is 12.3 Å². The van der Waals surface area contributed by atoms with Crippen LogP contribution in [0.1, 0.15) is 11.4 Å². The largest absolute Gasteiger partial charge is 0.348 e. The number of rotatable bonds is 7. The molecule has 0 bridgehead atoms. The first kappa shape index (κ1) is 13.1. The predicted molar refractivity (Wildman–Crippen MR) is 72.9 cm³/mol. The normalized spacial score (nSPS) is 10.7. The van der Waals surface area contributed by atoms with Crippen LogP contribution in [-0.4, -0.2) is 22.3 Å². The molecule has 0 saturated heterocycles. The summed E-state index contributed by atoms with van der Waals surface area (Å²) in [6, 6.07) is 6.92. The highest BCUT2D eigenvalue weighted by atomic mass is 32.2. The van der Waals surface area contributed by atoms with Gasteiger partial charge in [0.2, 0.25) is 0 Å². The third kappa shape index (κ3) is 4.16. The zero-order chi connectivity index (χ0) is 12.6. The number of hydrogen-bond donors (Lipinski definition) is 2. The van der Waals surface area contributed by atoms with Crippen LogP contribution in [0.2, 0.25) is 0 Å². The summed E-state index contributed by atoms with van der Waals surface area (Å²) in [6.07, 6.45) is 3.55. The molecule has 1 aromatic heterocycles. The van der Waals surface area contributed by atoms with Gasteiger partial charge in [-0.3, -0.25) is 0 Å². The maximum absolute atomic E-state index is 13.3. The molecule has 2 aromatic rings. The van der Waals surface area contributed by atoms with Crippen molar-refractivity contribution in [2.24, 2.45) is 0 Å². The topological polar surface area (TPSA) is 40.7 Å². The Morgan fingerprint density at radius 3 is 3.00 bits per heavy atom. The van der Waals surface area contributed by atoms with Crippen LogP contribution in [0.3, 0.4) is 0 Å². The van der Waals surface area contributed by atoms with Gasteiger partial charge < -0.3 is 10.3 Å². The van der Waals surface area contributed by atoms with Gasteiger partial charge >= 0.3 is 0 Å². The third-order valence-corrected chi connectivity index (χ3v) is 3.49. The highest BCUT2D eigenvalue weighted by Gasteiger charge is 2.00. The molecule has 0 aliphatic rings. The lowest BCUT2D eigenvalue weighted by atomic mass is 10.2. The lowest BCUT2D eigenvalue weighted by Gasteiger charge is -2.04. The summed E-state index contributed by atoms with van der Waals surface area (Å²) in [6.45, 7) is 1.63. The molecule has 1 aromatic carbocycles. The first-order valence-electron chi connectivity index (χ1n) is 5.86. The zero-order valence-electron chi connectivity index (χ0n) is 10.0. The van der Waals surface area contributed by atoms with Gasteiger partial charge in [-0.25, -0.2) is 9.37 Å². The monoisotopic (exact) mass is 265 g/mol. The Hall–Kier alpha value is -1.33. The number of H-pyrrole nitrogens is 1. The second-order valence-electron chi connectivity index (χ2n) is 3.86. The zero-order valence-corrected chi connectivity index (χ0v) is 10.8. The van der Waals surface area contributed by atoms with E-state index < -0.39 is 0 Å². The van der Waals surface area contributed by atoms with E-state index in [9.17, 15) is 4.39 Å². The maximum Gasteiger partial charge on any atom is 0.127 e. The van der Waals surface area contributed by atoms with Crippen molar-refractivity contribution < 1.29 is 4.39 Å². The number of nitrogens with zero attached hydrogens (tertiary/aromatic N) is 1. The van der Waals surface area contributed by atoms with E-state index in [1.807, 2.05) is 18.3 Å². The van der Waals surface area contributed by atoms with Crippen molar-refractivity contribution in [3.63, 3.8) is 0 Å². The van der Waals surface area contributed by atoms with E-state index >= 15 is 0 Å². The third-order valence-electron chi connectivity index (χ3n) is 2.49. The van der Waals surface area contributed by atoms with Gasteiger partial charge in [0.25, 0.3) is 0 Å². The van der Waals surface area contributed by atoms with Crippen molar-refractivity contribution >= 4 is 11.8 Å². The standard InChI is InChI=1S/C13H16FN3S/c14-12-4-2-1-3-11(12)10-18-8-7-15-9-13-16-5-6-17-13/h1-6,15H,7-10H2,(H,16,17). The van der Waals surface area contributed by atoms with Crippen LogP contribution < -0.4 is 5.32 Å². The second kappa shape index (κ2) is 7.18. The summed E-state index contributed by atoms with van der Waals surface area (Å²) in [5.41, 5.74) is 0.772. The van der Waals surface area contributed by atoms with Crippen molar-refractivity contribution in [1.82, 2.24) is 15.3 Å². The molecule has 0 aliphatic carbocycles. The molecule has 1 heterocycles. The summed E-state index contributed by atoms with van der Waals surface area (Å²) in [4.78, 5) is 7.15. The second-order valence-corrected chi connectivity index (χ2v) is 4.96. The van der Waals surface area contributed by atoms with Crippen LogP contribution in [0, 0.1) is 5.82 Å². The van der Waals surface area contributed by atoms with Gasteiger partial charge in [0.05, 0.1) is 6.54 Å². The van der Waals surface area contributed by atoms with Gasteiger partial charge in [-0.15, -0.1) is 0 Å². The van der Waals surface area contributed by atoms with Crippen LogP contribution in [0.4, 0.5) is 4.39 Å². The minimum atomic E-state index is -0.117. The van der Waals surface area contributed by atoms with Crippen LogP contribution >= 0.6 is 11.8 Å². The Morgan fingerprint density at radius 1 is 1.33 bits per heavy atom. The van der Waals surface area contributed by atoms with Gasteiger partial charge in [0, 0.05) is 30.4 Å². The number of halogens is 1. The number of aromatic nitrogens is 2. The molecule has 0 radical (unpaired) electrons. The Balaban J connectivity index is 1.58. The number of imidazole rings is 1. The average molecular weight is 265 g/mol. The lowest BCUT2D eigenvalue weighted by molar-refractivity contribution is 0.617. The van der Waals surface area contributed by atoms with E-state index in [4.69, 9.17) is 0 Å². The Morgan fingerprint density at radius 2 is 2.22 bits per heavy atom. The Bertz CT molecular complexity index is 459. The summed E-state index contributed by atoms with van der Waals surface area (Å²) >= 11 is 1.72. The van der Waals surface area contributed by atoms with Gasteiger partial charge in [-0.1, -0.05) is 18.2 Å². The van der Waals surface area contributed by atoms with Gasteiger partial charge in [-0.05, 0) is 11.6 Å². The maximum atomic E-state index is 13.3. The molecule has 0 fully saturated rings. The van der Waals surface area contributed by atoms with Gasteiger partial charge in [0.1, 0.15) is 11.6 Å². The molecule has 2 rings (SSSR count). The minimum absolute atomic E-state index is 0.117. The quantitative estimate of drug-likeness (QED) is 0.756. The minimum Gasteiger partial charge on any atom is -0.348 e. The molecule has 0 spiro atoms. The summed E-state index contributed by atoms with van der Waals surface area (Å²) in [7, 11) is 0. The Labute approximate surface area is 110 Å². The highest BCUT2D eigenvalue weighted by molar-refractivity contribution is 7.98. The van der Waals surface area contributed by atoms with Crippen molar-refractivity contribution in [2.75, 3.05) is 12.3 Å². The molecule has 3 nitrogen and oxygen atoms in total. The van der Waals surface area contributed by atoms with Crippen molar-refractivity contribution in [3.05, 3.63) is 53.9 Å². The summed E-state index contributed by atoms with van der Waals surface area (Å²) in [5, 5.41) is 3.28. The molecule has 96 valence electrons. The molecule has 5 heteroatoms. The summed E-state index contributed by atoms with van der Waals surface area (Å²) < 4.78 is 13.3. The molecule has 2 N–H and O–H groups in total.